The van der Waals surface area contributed by atoms with Crippen LogP contribution in [0.25, 0.3) is 21.5 Å². The third-order valence-electron chi connectivity index (χ3n) is 7.30. The van der Waals surface area contributed by atoms with Crippen molar-refractivity contribution in [2.75, 3.05) is 9.44 Å². The minimum absolute atomic E-state index is 0.0441. The number of carbonyl (C=O) groups is 1. The van der Waals surface area contributed by atoms with E-state index in [0.717, 1.165) is 5.56 Å². The van der Waals surface area contributed by atoms with Gasteiger partial charge in [-0.3, -0.25) is 9.44 Å². The molecule has 0 fully saturated rings. The highest BCUT2D eigenvalue weighted by Crippen LogP contribution is 2.33. The van der Waals surface area contributed by atoms with Gasteiger partial charge in [-0.15, -0.1) is 0 Å². The average molecular weight is 810 g/mol. The number of guanidine groups is 2. The number of aliphatic imine (C=N–C) groups is 2. The van der Waals surface area contributed by atoms with Crippen LogP contribution >= 0.6 is 23.2 Å². The number of aromatic nitrogens is 2. The standard InChI is InChI=1S/C17H14ClN5O4S.C17H16ClN5O2S/c18-14-8-21-15(22-17(19)20)13-7-11(4-5-12(13)14)28(26,27)23-10-3-1-2-9(6-10)16(24)25;1-10-3-2-4-11(7-10)23-26(24,25)12-5-6-13-14(8-12)16(22-17(19)20)21-9-15(13)18/h1-8,23H,(H,24,25)(H4,19,20,21,22);2-9,23H,1H3,(H4,19,20,21,22). The predicted octanol–water partition coefficient (Wildman–Crippen LogP) is 5.19. The Labute approximate surface area is 318 Å². The van der Waals surface area contributed by atoms with Gasteiger partial charge in [0.1, 0.15) is 0 Å². The van der Waals surface area contributed by atoms with Crippen molar-refractivity contribution in [1.82, 2.24) is 9.97 Å². The average Bonchev–Trinajstić information content (AvgIpc) is 3.10. The fourth-order valence-electron chi connectivity index (χ4n) is 4.96. The second-order valence-electron chi connectivity index (χ2n) is 11.3. The van der Waals surface area contributed by atoms with Crippen molar-refractivity contribution in [3.8, 4) is 0 Å². The van der Waals surface area contributed by atoms with E-state index in [0.29, 0.717) is 37.3 Å². The lowest BCUT2D eigenvalue weighted by Gasteiger charge is -2.11. The van der Waals surface area contributed by atoms with Crippen molar-refractivity contribution < 1.29 is 26.7 Å². The maximum atomic E-state index is 12.7. The SMILES string of the molecule is Cc1cccc(NS(=O)(=O)c2ccc3c(Cl)cnc(N=C(N)N)c3c2)c1.NC(N)=Nc1ncc(Cl)c2ccc(S(=O)(=O)Nc3cccc(C(=O)O)c3)cc12. The smallest absolute Gasteiger partial charge is 0.335 e. The first-order chi connectivity index (χ1) is 25.4. The molecular formula is C34H30Cl2N10O6S2. The number of benzene rings is 4. The molecule has 0 saturated heterocycles. The van der Waals surface area contributed by atoms with E-state index in [1.54, 1.807) is 24.3 Å². The van der Waals surface area contributed by atoms with Crippen LogP contribution in [0.1, 0.15) is 15.9 Å². The molecule has 54 heavy (non-hydrogen) atoms. The van der Waals surface area contributed by atoms with Crippen LogP contribution in [-0.2, 0) is 20.0 Å². The Morgan fingerprint density at radius 2 is 1.09 bits per heavy atom. The Hall–Kier alpha value is -6.21. The molecular weight excluding hydrogens is 779 g/mol. The summed E-state index contributed by atoms with van der Waals surface area (Å²) in [6.45, 7) is 1.88. The lowest BCUT2D eigenvalue weighted by molar-refractivity contribution is 0.0697. The van der Waals surface area contributed by atoms with Crippen molar-refractivity contribution in [2.45, 2.75) is 16.7 Å². The van der Waals surface area contributed by atoms with Gasteiger partial charge in [-0.1, -0.05) is 53.5 Å². The van der Waals surface area contributed by atoms with E-state index in [-0.39, 0.29) is 44.6 Å². The number of nitrogens with two attached hydrogens (primary N) is 4. The van der Waals surface area contributed by atoms with Gasteiger partial charge >= 0.3 is 5.97 Å². The van der Waals surface area contributed by atoms with Crippen LogP contribution in [0.15, 0.2) is 117 Å². The minimum Gasteiger partial charge on any atom is -0.478 e. The van der Waals surface area contributed by atoms with Crippen LogP contribution in [0.5, 0.6) is 0 Å². The molecule has 16 nitrogen and oxygen atoms in total. The fraction of sp³-hybridized carbons (Fsp3) is 0.0294. The highest BCUT2D eigenvalue weighted by molar-refractivity contribution is 7.93. The Morgan fingerprint density at radius 3 is 1.52 bits per heavy atom. The monoisotopic (exact) mass is 808 g/mol. The molecule has 0 bridgehead atoms. The number of carboxylic acid groups (broad SMARTS) is 1. The number of aromatic carboxylic acids is 1. The van der Waals surface area contributed by atoms with Crippen molar-refractivity contribution in [1.29, 1.82) is 0 Å². The Morgan fingerprint density at radius 1 is 0.648 bits per heavy atom. The molecule has 6 aromatic rings. The number of sulfonamides is 2. The topological polar surface area (TPSA) is 284 Å². The van der Waals surface area contributed by atoms with Gasteiger partial charge < -0.3 is 28.0 Å². The molecule has 0 radical (unpaired) electrons. The third kappa shape index (κ3) is 9.22. The number of pyridine rings is 2. The summed E-state index contributed by atoms with van der Waals surface area (Å²) >= 11 is 12.3. The number of anilines is 2. The summed E-state index contributed by atoms with van der Waals surface area (Å²) in [5.41, 5.74) is 23.1. The van der Waals surface area contributed by atoms with Gasteiger partial charge in [0.25, 0.3) is 20.0 Å². The molecule has 0 saturated carbocycles. The molecule has 20 heteroatoms. The Bertz CT molecular complexity index is 2720. The lowest BCUT2D eigenvalue weighted by atomic mass is 10.1. The maximum Gasteiger partial charge on any atom is 0.335 e. The molecule has 2 aromatic heterocycles. The molecule has 0 aliphatic heterocycles. The van der Waals surface area contributed by atoms with E-state index in [4.69, 9.17) is 51.2 Å². The van der Waals surface area contributed by atoms with E-state index in [2.05, 4.69) is 29.4 Å². The highest BCUT2D eigenvalue weighted by atomic mass is 35.5. The summed E-state index contributed by atoms with van der Waals surface area (Å²) in [7, 11) is -7.84. The first-order valence-corrected chi connectivity index (χ1v) is 19.0. The van der Waals surface area contributed by atoms with Gasteiger partial charge in [0.15, 0.2) is 23.6 Å². The highest BCUT2D eigenvalue weighted by Gasteiger charge is 2.19. The van der Waals surface area contributed by atoms with E-state index in [9.17, 15) is 21.6 Å². The predicted molar refractivity (Wildman–Crippen MR) is 211 cm³/mol. The molecule has 0 spiro atoms. The van der Waals surface area contributed by atoms with Crippen molar-refractivity contribution >= 4 is 106 Å². The first kappa shape index (κ1) is 39.0. The number of aryl methyl sites for hydroxylation is 1. The summed E-state index contributed by atoms with van der Waals surface area (Å²) in [4.78, 5) is 26.9. The van der Waals surface area contributed by atoms with Gasteiger partial charge in [0, 0.05) is 45.3 Å². The molecule has 0 aliphatic carbocycles. The quantitative estimate of drug-likeness (QED) is 0.0733. The number of halogens is 2. The number of carboxylic acids is 1. The zero-order valence-electron chi connectivity index (χ0n) is 27.9. The number of nitrogens with one attached hydrogen (secondary N) is 2. The number of fused-ring (bicyclic) bond motifs is 2. The van der Waals surface area contributed by atoms with E-state index in [1.807, 2.05) is 13.0 Å². The van der Waals surface area contributed by atoms with Gasteiger partial charge in [-0.25, -0.2) is 31.6 Å². The largest absolute Gasteiger partial charge is 0.478 e. The van der Waals surface area contributed by atoms with Gasteiger partial charge in [0.05, 0.1) is 25.4 Å². The summed E-state index contributed by atoms with van der Waals surface area (Å²) < 4.78 is 55.8. The van der Waals surface area contributed by atoms with Crippen LogP contribution in [-0.4, -0.2) is 49.8 Å². The normalized spacial score (nSPS) is 11.2. The van der Waals surface area contributed by atoms with Gasteiger partial charge in [0.2, 0.25) is 0 Å². The van der Waals surface area contributed by atoms with Crippen LogP contribution in [0.4, 0.5) is 23.0 Å². The Balaban J connectivity index is 0.000000208. The van der Waals surface area contributed by atoms with E-state index < -0.39 is 26.0 Å². The summed E-state index contributed by atoms with van der Waals surface area (Å²) in [5, 5.41) is 11.6. The zero-order valence-corrected chi connectivity index (χ0v) is 31.0. The molecule has 2 heterocycles. The van der Waals surface area contributed by atoms with E-state index >= 15 is 0 Å². The molecule has 278 valence electrons. The van der Waals surface area contributed by atoms with Crippen molar-refractivity contribution in [2.24, 2.45) is 32.9 Å². The first-order valence-electron chi connectivity index (χ1n) is 15.2. The molecule has 0 amide bonds. The second kappa shape index (κ2) is 15.8. The number of rotatable bonds is 9. The molecule has 0 unspecified atom stereocenters. The summed E-state index contributed by atoms with van der Waals surface area (Å²) in [6, 6.07) is 21.2. The molecule has 6 rings (SSSR count). The molecule has 11 N–H and O–H groups in total. The number of hydrogen-bond donors (Lipinski definition) is 7. The van der Waals surface area contributed by atoms with Gasteiger partial charge in [-0.2, -0.15) is 9.98 Å². The molecule has 0 aliphatic rings. The minimum atomic E-state index is -4.03. The van der Waals surface area contributed by atoms with Crippen LogP contribution in [0, 0.1) is 6.92 Å². The summed E-state index contributed by atoms with van der Waals surface area (Å²) in [6.07, 6.45) is 2.76. The zero-order chi connectivity index (χ0) is 39.4. The lowest BCUT2D eigenvalue weighted by Crippen LogP contribution is -2.22. The maximum absolute atomic E-state index is 12.7. The molecule has 4 aromatic carbocycles. The number of hydrogen-bond acceptors (Lipinski definition) is 9. The van der Waals surface area contributed by atoms with Crippen LogP contribution < -0.4 is 32.4 Å². The van der Waals surface area contributed by atoms with Crippen LogP contribution in [0.3, 0.4) is 0 Å². The second-order valence-corrected chi connectivity index (χ2v) is 15.5. The third-order valence-corrected chi connectivity index (χ3v) is 10.7. The Kier molecular flexibility index (Phi) is 11.4. The van der Waals surface area contributed by atoms with Gasteiger partial charge in [-0.05, 0) is 67.1 Å². The molecule has 0 atom stereocenters. The van der Waals surface area contributed by atoms with Crippen LogP contribution in [0.2, 0.25) is 10.0 Å². The number of nitrogens with zero attached hydrogens (tertiary/aromatic N) is 4. The van der Waals surface area contributed by atoms with Crippen molar-refractivity contribution in [3.05, 3.63) is 118 Å². The summed E-state index contributed by atoms with van der Waals surface area (Å²) in [5.74, 6) is -1.30. The van der Waals surface area contributed by atoms with Crippen molar-refractivity contribution in [3.63, 3.8) is 0 Å². The fourth-order valence-corrected chi connectivity index (χ4v) is 7.53. The van der Waals surface area contributed by atoms with E-state index in [1.165, 1.54) is 67.0 Å².